The van der Waals surface area contributed by atoms with Crippen molar-refractivity contribution in [2.45, 2.75) is 57.6 Å². The molecule has 0 aromatic heterocycles. The molecule has 0 radical (unpaired) electrons. The van der Waals surface area contributed by atoms with Gasteiger partial charge in [0.25, 0.3) is 0 Å². The zero-order valence-corrected chi connectivity index (χ0v) is 12.1. The van der Waals surface area contributed by atoms with Crippen LogP contribution in [0.25, 0.3) is 0 Å². The van der Waals surface area contributed by atoms with Crippen LogP contribution in [-0.2, 0) is 0 Å². The molecular formula is C14H26N2S. The second kappa shape index (κ2) is 6.67. The molecule has 0 saturated heterocycles. The Kier molecular flexibility index (Phi) is 5.20. The topological polar surface area (TPSA) is 24.4 Å². The Labute approximate surface area is 110 Å². The Hall–Kier alpha value is -0.180. The van der Waals surface area contributed by atoms with Gasteiger partial charge in [-0.1, -0.05) is 44.9 Å². The fourth-order valence-corrected chi connectivity index (χ4v) is 3.89. The standard InChI is InChI=1S/C14H26N2S/c1-3-4-13-10-16-14(17-13)15-9-12-7-5-11(2)6-8-12/h11-13H,3-10H2,1-2H3,(H,15,16). The molecule has 1 fully saturated rings. The number of rotatable bonds is 4. The third-order valence-corrected chi connectivity index (χ3v) is 5.22. The van der Waals surface area contributed by atoms with E-state index < -0.39 is 0 Å². The third kappa shape index (κ3) is 4.20. The van der Waals surface area contributed by atoms with Crippen LogP contribution in [-0.4, -0.2) is 23.5 Å². The van der Waals surface area contributed by atoms with Crippen LogP contribution in [0.15, 0.2) is 4.99 Å². The number of hydrogen-bond donors (Lipinski definition) is 1. The molecule has 98 valence electrons. The van der Waals surface area contributed by atoms with Crippen LogP contribution in [0.4, 0.5) is 0 Å². The third-order valence-electron chi connectivity index (χ3n) is 4.00. The maximum atomic E-state index is 4.60. The van der Waals surface area contributed by atoms with Crippen molar-refractivity contribution in [2.75, 3.05) is 13.1 Å². The molecule has 2 aliphatic rings. The molecule has 0 spiro atoms. The van der Waals surface area contributed by atoms with Crippen molar-refractivity contribution >= 4 is 16.9 Å². The maximum Gasteiger partial charge on any atom is 0.156 e. The molecule has 17 heavy (non-hydrogen) atoms. The molecule has 0 aromatic rings. The van der Waals surface area contributed by atoms with E-state index in [4.69, 9.17) is 0 Å². The van der Waals surface area contributed by atoms with Crippen molar-refractivity contribution in [1.82, 2.24) is 5.32 Å². The number of hydrogen-bond acceptors (Lipinski definition) is 3. The molecule has 1 N–H and O–H groups in total. The summed E-state index contributed by atoms with van der Waals surface area (Å²) in [5.74, 6) is 1.85. The Balaban J connectivity index is 1.63. The highest BCUT2D eigenvalue weighted by atomic mass is 32.2. The Morgan fingerprint density at radius 1 is 1.29 bits per heavy atom. The van der Waals surface area contributed by atoms with Gasteiger partial charge in [-0.15, -0.1) is 0 Å². The van der Waals surface area contributed by atoms with Gasteiger partial charge in [0.1, 0.15) is 0 Å². The first-order valence-corrected chi connectivity index (χ1v) is 8.11. The first-order valence-electron chi connectivity index (χ1n) is 7.23. The number of amidine groups is 1. The fourth-order valence-electron chi connectivity index (χ4n) is 2.75. The fraction of sp³-hybridized carbons (Fsp3) is 0.929. The molecule has 1 heterocycles. The lowest BCUT2D eigenvalue weighted by atomic mass is 9.83. The highest BCUT2D eigenvalue weighted by Crippen LogP contribution is 2.28. The molecule has 2 nitrogen and oxygen atoms in total. The Morgan fingerprint density at radius 2 is 2.06 bits per heavy atom. The number of nitrogens with zero attached hydrogens (tertiary/aromatic N) is 1. The minimum absolute atomic E-state index is 0.744. The van der Waals surface area contributed by atoms with Crippen LogP contribution < -0.4 is 5.32 Å². The normalized spacial score (nSPS) is 33.5. The summed E-state index contributed by atoms with van der Waals surface area (Å²) in [5, 5.41) is 5.52. The number of thioether (sulfide) groups is 1. The van der Waals surface area contributed by atoms with Crippen molar-refractivity contribution < 1.29 is 0 Å². The smallest absolute Gasteiger partial charge is 0.156 e. The van der Waals surface area contributed by atoms with E-state index in [1.165, 1.54) is 43.7 Å². The van der Waals surface area contributed by atoms with Crippen molar-refractivity contribution in [2.24, 2.45) is 16.8 Å². The van der Waals surface area contributed by atoms with Gasteiger partial charge in [-0.3, -0.25) is 4.99 Å². The summed E-state index contributed by atoms with van der Waals surface area (Å²) >= 11 is 1.96. The molecule has 0 bridgehead atoms. The molecule has 3 heteroatoms. The zero-order chi connectivity index (χ0) is 12.1. The summed E-state index contributed by atoms with van der Waals surface area (Å²) < 4.78 is 0. The van der Waals surface area contributed by atoms with Gasteiger partial charge in [0, 0.05) is 11.8 Å². The molecule has 2 rings (SSSR count). The van der Waals surface area contributed by atoms with E-state index in [9.17, 15) is 0 Å². The lowest BCUT2D eigenvalue weighted by Crippen LogP contribution is -2.29. The molecule has 1 saturated carbocycles. The van der Waals surface area contributed by atoms with Gasteiger partial charge in [0.2, 0.25) is 0 Å². The maximum absolute atomic E-state index is 4.60. The zero-order valence-electron chi connectivity index (χ0n) is 11.2. The summed E-state index contributed by atoms with van der Waals surface area (Å²) in [7, 11) is 0. The predicted molar refractivity (Wildman–Crippen MR) is 77.7 cm³/mol. The average molecular weight is 254 g/mol. The summed E-state index contributed by atoms with van der Waals surface area (Å²) in [6.07, 6.45) is 8.24. The van der Waals surface area contributed by atoms with Gasteiger partial charge < -0.3 is 5.32 Å². The second-order valence-electron chi connectivity index (χ2n) is 5.68. The minimum atomic E-state index is 0.744. The molecule has 1 atom stereocenters. The van der Waals surface area contributed by atoms with E-state index in [0.29, 0.717) is 0 Å². The SMILES string of the molecule is CCCC1CN=C(NCC2CCC(C)CC2)S1. The highest BCUT2D eigenvalue weighted by molar-refractivity contribution is 8.14. The van der Waals surface area contributed by atoms with Gasteiger partial charge in [-0.2, -0.15) is 0 Å². The van der Waals surface area contributed by atoms with Crippen molar-refractivity contribution in [3.63, 3.8) is 0 Å². The van der Waals surface area contributed by atoms with E-state index in [1.54, 1.807) is 0 Å². The number of aliphatic imine (C=N–C) groups is 1. The summed E-state index contributed by atoms with van der Waals surface area (Å²) in [6, 6.07) is 0. The van der Waals surface area contributed by atoms with Crippen LogP contribution in [0.2, 0.25) is 0 Å². The van der Waals surface area contributed by atoms with E-state index >= 15 is 0 Å². The van der Waals surface area contributed by atoms with Crippen LogP contribution in [0.1, 0.15) is 52.4 Å². The van der Waals surface area contributed by atoms with Crippen LogP contribution in [0, 0.1) is 11.8 Å². The molecule has 0 aromatic carbocycles. The summed E-state index contributed by atoms with van der Waals surface area (Å²) in [6.45, 7) is 6.82. The number of nitrogens with one attached hydrogen (secondary N) is 1. The average Bonchev–Trinajstić information content (AvgIpc) is 2.77. The lowest BCUT2D eigenvalue weighted by Gasteiger charge is -2.26. The van der Waals surface area contributed by atoms with Gasteiger partial charge in [0.05, 0.1) is 6.54 Å². The first kappa shape index (κ1) is 13.3. The summed E-state index contributed by atoms with van der Waals surface area (Å²) in [5.41, 5.74) is 0. The molecule has 1 unspecified atom stereocenters. The van der Waals surface area contributed by atoms with Crippen molar-refractivity contribution in [3.05, 3.63) is 0 Å². The van der Waals surface area contributed by atoms with Crippen LogP contribution in [0.5, 0.6) is 0 Å². The highest BCUT2D eigenvalue weighted by Gasteiger charge is 2.21. The molecule has 1 aliphatic carbocycles. The molecule has 1 aliphatic heterocycles. The second-order valence-corrected chi connectivity index (χ2v) is 6.97. The van der Waals surface area contributed by atoms with Crippen LogP contribution in [0.3, 0.4) is 0 Å². The van der Waals surface area contributed by atoms with Crippen molar-refractivity contribution in [3.8, 4) is 0 Å². The van der Waals surface area contributed by atoms with E-state index in [0.717, 1.165) is 30.2 Å². The molecule has 0 amide bonds. The quantitative estimate of drug-likeness (QED) is 0.827. The van der Waals surface area contributed by atoms with Gasteiger partial charge >= 0.3 is 0 Å². The Bertz CT molecular complexity index is 257. The van der Waals surface area contributed by atoms with E-state index in [1.807, 2.05) is 11.8 Å². The Morgan fingerprint density at radius 3 is 2.76 bits per heavy atom. The first-order chi connectivity index (χ1) is 8.28. The van der Waals surface area contributed by atoms with E-state index in [-0.39, 0.29) is 0 Å². The van der Waals surface area contributed by atoms with Gasteiger partial charge in [-0.05, 0) is 31.1 Å². The molecular weight excluding hydrogens is 228 g/mol. The van der Waals surface area contributed by atoms with Crippen molar-refractivity contribution in [1.29, 1.82) is 0 Å². The lowest BCUT2D eigenvalue weighted by molar-refractivity contribution is 0.290. The largest absolute Gasteiger partial charge is 0.365 e. The monoisotopic (exact) mass is 254 g/mol. The van der Waals surface area contributed by atoms with E-state index in [2.05, 4.69) is 24.2 Å². The summed E-state index contributed by atoms with van der Waals surface area (Å²) in [4.78, 5) is 4.60. The van der Waals surface area contributed by atoms with Gasteiger partial charge in [-0.25, -0.2) is 0 Å². The van der Waals surface area contributed by atoms with Gasteiger partial charge in [0.15, 0.2) is 5.17 Å². The predicted octanol–water partition coefficient (Wildman–Crippen LogP) is 3.67. The van der Waals surface area contributed by atoms with Crippen LogP contribution >= 0.6 is 11.8 Å². The minimum Gasteiger partial charge on any atom is -0.365 e.